The molecule has 31 heavy (non-hydrogen) atoms. The minimum absolute atomic E-state index is 0.0208. The maximum Gasteiger partial charge on any atom is 0.387 e. The Bertz CT molecular complexity index is 968. The van der Waals surface area contributed by atoms with Crippen LogP contribution >= 0.6 is 0 Å². The molecule has 2 aromatic rings. The molecule has 0 unspecified atom stereocenters. The molecule has 0 aliphatic carbocycles. The Hall–Kier alpha value is -3.89. The maximum atomic E-state index is 12.2. The molecule has 2 amide bonds. The molecule has 0 bridgehead atoms. The van der Waals surface area contributed by atoms with Gasteiger partial charge in [-0.3, -0.25) is 14.4 Å². The summed E-state index contributed by atoms with van der Waals surface area (Å²) >= 11 is 0. The van der Waals surface area contributed by atoms with Gasteiger partial charge in [0.05, 0.1) is 0 Å². The maximum absolute atomic E-state index is 12.2. The summed E-state index contributed by atoms with van der Waals surface area (Å²) in [4.78, 5) is 35.6. The Kier molecular flexibility index (Phi) is 7.20. The van der Waals surface area contributed by atoms with Crippen LogP contribution in [0.2, 0.25) is 0 Å². The van der Waals surface area contributed by atoms with Crippen LogP contribution < -0.4 is 24.8 Å². The molecule has 11 heteroatoms. The summed E-state index contributed by atoms with van der Waals surface area (Å²) < 4.78 is 43.9. The van der Waals surface area contributed by atoms with Crippen LogP contribution in [-0.4, -0.2) is 44.3 Å². The molecule has 2 N–H and O–H groups in total. The minimum atomic E-state index is -3.02. The fourth-order valence-corrected chi connectivity index (χ4v) is 2.57. The Labute approximate surface area is 175 Å². The minimum Gasteiger partial charge on any atom is -0.454 e. The second-order valence-electron chi connectivity index (χ2n) is 6.21. The van der Waals surface area contributed by atoms with Crippen LogP contribution in [0.1, 0.15) is 15.9 Å². The highest BCUT2D eigenvalue weighted by atomic mass is 19.3. The van der Waals surface area contributed by atoms with Crippen molar-refractivity contribution < 1.29 is 42.1 Å². The SMILES string of the molecule is O=C(COC(=O)CNC(=O)c1cccc(OC(F)F)c1)NCc1ccc2c(c1)OCO2. The highest BCUT2D eigenvalue weighted by Crippen LogP contribution is 2.32. The average Bonchev–Trinajstić information content (AvgIpc) is 3.22. The molecular formula is C20H18F2N2O7. The van der Waals surface area contributed by atoms with Gasteiger partial charge in [-0.1, -0.05) is 12.1 Å². The molecule has 164 valence electrons. The van der Waals surface area contributed by atoms with Gasteiger partial charge in [0, 0.05) is 12.1 Å². The predicted molar refractivity (Wildman–Crippen MR) is 101 cm³/mol. The first-order valence-corrected chi connectivity index (χ1v) is 9.04. The van der Waals surface area contributed by atoms with E-state index in [1.807, 2.05) is 0 Å². The lowest BCUT2D eigenvalue weighted by Gasteiger charge is -2.09. The number of hydrogen-bond acceptors (Lipinski definition) is 7. The van der Waals surface area contributed by atoms with Crippen molar-refractivity contribution >= 4 is 17.8 Å². The summed E-state index contributed by atoms with van der Waals surface area (Å²) in [6, 6.07) is 10.3. The van der Waals surface area contributed by atoms with Crippen LogP contribution in [0.4, 0.5) is 8.78 Å². The Morgan fingerprint density at radius 1 is 1.03 bits per heavy atom. The molecular weight excluding hydrogens is 418 g/mol. The molecule has 9 nitrogen and oxygen atoms in total. The summed E-state index contributed by atoms with van der Waals surface area (Å²) in [6.45, 7) is -3.72. The highest BCUT2D eigenvalue weighted by Gasteiger charge is 2.15. The second-order valence-corrected chi connectivity index (χ2v) is 6.21. The number of ether oxygens (including phenoxy) is 4. The fraction of sp³-hybridized carbons (Fsp3) is 0.250. The second kappa shape index (κ2) is 10.2. The van der Waals surface area contributed by atoms with Gasteiger partial charge in [-0.05, 0) is 35.9 Å². The molecule has 1 aliphatic rings. The quantitative estimate of drug-likeness (QED) is 0.575. The molecule has 2 aromatic carbocycles. The number of carbonyl (C=O) groups is 3. The van der Waals surface area contributed by atoms with Crippen molar-refractivity contribution in [2.75, 3.05) is 19.9 Å². The smallest absolute Gasteiger partial charge is 0.387 e. The van der Waals surface area contributed by atoms with Crippen molar-refractivity contribution in [3.05, 3.63) is 53.6 Å². The number of esters is 1. The van der Waals surface area contributed by atoms with E-state index in [1.54, 1.807) is 18.2 Å². The molecule has 0 radical (unpaired) electrons. The zero-order valence-corrected chi connectivity index (χ0v) is 16.1. The first-order chi connectivity index (χ1) is 14.9. The lowest BCUT2D eigenvalue weighted by Crippen LogP contribution is -2.33. The van der Waals surface area contributed by atoms with Crippen LogP contribution in [-0.2, 0) is 20.9 Å². The monoisotopic (exact) mass is 436 g/mol. The number of nitrogens with one attached hydrogen (secondary N) is 2. The molecule has 0 fully saturated rings. The zero-order chi connectivity index (χ0) is 22.2. The number of halogens is 2. The van der Waals surface area contributed by atoms with E-state index in [9.17, 15) is 23.2 Å². The normalized spacial score (nSPS) is 11.7. The molecule has 0 saturated heterocycles. The first kappa shape index (κ1) is 21.8. The Morgan fingerprint density at radius 2 is 1.84 bits per heavy atom. The van der Waals surface area contributed by atoms with Crippen molar-refractivity contribution in [2.24, 2.45) is 0 Å². The third kappa shape index (κ3) is 6.56. The summed E-state index contributed by atoms with van der Waals surface area (Å²) in [5.41, 5.74) is 0.793. The van der Waals surface area contributed by atoms with Crippen LogP contribution in [0.5, 0.6) is 17.2 Å². The molecule has 1 heterocycles. The van der Waals surface area contributed by atoms with E-state index in [0.717, 1.165) is 11.6 Å². The van der Waals surface area contributed by atoms with Gasteiger partial charge in [0.15, 0.2) is 18.1 Å². The summed E-state index contributed by atoms with van der Waals surface area (Å²) in [7, 11) is 0. The van der Waals surface area contributed by atoms with Gasteiger partial charge in [0.1, 0.15) is 12.3 Å². The van der Waals surface area contributed by atoms with E-state index in [-0.39, 0.29) is 24.7 Å². The average molecular weight is 436 g/mol. The standard InChI is InChI=1S/C20H18F2N2O7/c21-20(22)31-14-3-1-2-13(7-14)19(27)24-9-18(26)28-10-17(25)23-8-12-4-5-15-16(6-12)30-11-29-15/h1-7,20H,8-11H2,(H,23,25)(H,24,27). The molecule has 0 saturated carbocycles. The third-order valence-corrected chi connectivity index (χ3v) is 4.01. The first-order valence-electron chi connectivity index (χ1n) is 9.04. The van der Waals surface area contributed by atoms with E-state index in [4.69, 9.17) is 14.2 Å². The van der Waals surface area contributed by atoms with Crippen LogP contribution in [0.25, 0.3) is 0 Å². The summed E-state index contributed by atoms with van der Waals surface area (Å²) in [5.74, 6) is -1.05. The van der Waals surface area contributed by atoms with E-state index < -0.39 is 37.5 Å². The van der Waals surface area contributed by atoms with Crippen LogP contribution in [0.15, 0.2) is 42.5 Å². The van der Waals surface area contributed by atoms with Gasteiger partial charge >= 0.3 is 12.6 Å². The lowest BCUT2D eigenvalue weighted by molar-refractivity contribution is -0.147. The Morgan fingerprint density at radius 3 is 2.65 bits per heavy atom. The molecule has 1 aliphatic heterocycles. The van der Waals surface area contributed by atoms with Crippen molar-refractivity contribution in [1.82, 2.24) is 10.6 Å². The number of benzene rings is 2. The molecule has 0 atom stereocenters. The number of amides is 2. The third-order valence-electron chi connectivity index (χ3n) is 4.01. The van der Waals surface area contributed by atoms with Gasteiger partial charge < -0.3 is 29.6 Å². The van der Waals surface area contributed by atoms with E-state index in [0.29, 0.717) is 11.5 Å². The molecule has 0 aromatic heterocycles. The lowest BCUT2D eigenvalue weighted by atomic mass is 10.2. The summed E-state index contributed by atoms with van der Waals surface area (Å²) in [6.07, 6.45) is 0. The van der Waals surface area contributed by atoms with E-state index in [2.05, 4.69) is 15.4 Å². The number of fused-ring (bicyclic) bond motifs is 1. The van der Waals surface area contributed by atoms with Crippen molar-refractivity contribution in [2.45, 2.75) is 13.2 Å². The topological polar surface area (TPSA) is 112 Å². The molecule has 0 spiro atoms. The number of hydrogen-bond donors (Lipinski definition) is 2. The van der Waals surface area contributed by atoms with Crippen molar-refractivity contribution in [3.8, 4) is 17.2 Å². The van der Waals surface area contributed by atoms with E-state index >= 15 is 0 Å². The number of rotatable bonds is 9. The van der Waals surface area contributed by atoms with Crippen LogP contribution in [0, 0.1) is 0 Å². The summed E-state index contributed by atoms with van der Waals surface area (Å²) in [5, 5.41) is 4.85. The fourth-order valence-electron chi connectivity index (χ4n) is 2.57. The predicted octanol–water partition coefficient (Wildman–Crippen LogP) is 1.61. The van der Waals surface area contributed by atoms with Crippen molar-refractivity contribution in [3.63, 3.8) is 0 Å². The van der Waals surface area contributed by atoms with E-state index in [1.165, 1.54) is 18.2 Å². The number of carbonyl (C=O) groups excluding carboxylic acids is 3. The number of alkyl halides is 2. The molecule has 3 rings (SSSR count). The Balaban J connectivity index is 1.37. The van der Waals surface area contributed by atoms with Crippen molar-refractivity contribution in [1.29, 1.82) is 0 Å². The van der Waals surface area contributed by atoms with Gasteiger partial charge in [-0.2, -0.15) is 8.78 Å². The van der Waals surface area contributed by atoms with Gasteiger partial charge in [-0.15, -0.1) is 0 Å². The largest absolute Gasteiger partial charge is 0.454 e. The zero-order valence-electron chi connectivity index (χ0n) is 16.1. The van der Waals surface area contributed by atoms with Gasteiger partial charge in [-0.25, -0.2) is 0 Å². The van der Waals surface area contributed by atoms with Gasteiger partial charge in [0.25, 0.3) is 11.8 Å². The van der Waals surface area contributed by atoms with Crippen LogP contribution in [0.3, 0.4) is 0 Å². The van der Waals surface area contributed by atoms with Gasteiger partial charge in [0.2, 0.25) is 6.79 Å². The highest BCUT2D eigenvalue weighted by molar-refractivity contribution is 5.96.